The molecule has 1 unspecified atom stereocenters. The lowest BCUT2D eigenvalue weighted by Crippen LogP contribution is -2.39. The summed E-state index contributed by atoms with van der Waals surface area (Å²) < 4.78 is 33.0. The number of benzene rings is 2. The Morgan fingerprint density at radius 1 is 1.15 bits per heavy atom. The van der Waals surface area contributed by atoms with Gasteiger partial charge in [-0.1, -0.05) is 29.4 Å². The molecule has 40 heavy (non-hydrogen) atoms. The molecule has 0 saturated carbocycles. The van der Waals surface area contributed by atoms with Crippen LogP contribution in [0.25, 0.3) is 16.6 Å². The Kier molecular flexibility index (Phi) is 8.88. The fourth-order valence-electron chi connectivity index (χ4n) is 4.28. The van der Waals surface area contributed by atoms with Crippen molar-refractivity contribution in [1.29, 1.82) is 0 Å². The van der Waals surface area contributed by atoms with Crippen LogP contribution in [0.4, 0.5) is 16.2 Å². The predicted molar refractivity (Wildman–Crippen MR) is 159 cm³/mol. The lowest BCUT2D eigenvalue weighted by atomic mass is 10.2. The van der Waals surface area contributed by atoms with E-state index in [9.17, 15) is 18.0 Å². The van der Waals surface area contributed by atoms with E-state index in [1.807, 2.05) is 16.9 Å². The standard InChI is InChI=1S/C25H26Cl2N6O5S2/c26-19-13-17(30-25(35)31-40(36,37)23-6-5-22(27)39-23)2-4-21(19)33-15-29-20-14-16(1-3-18(20)24(33)34)28-7-8-32-9-11-38-12-10-32/h1-4,6,13-15,22,28H,5,7-12H2,(H2,30,31,35). The molecule has 3 aromatic rings. The summed E-state index contributed by atoms with van der Waals surface area (Å²) in [6, 6.07) is 8.89. The Morgan fingerprint density at radius 2 is 1.93 bits per heavy atom. The molecule has 2 aliphatic rings. The van der Waals surface area contributed by atoms with Crippen molar-refractivity contribution in [2.24, 2.45) is 0 Å². The molecule has 1 saturated heterocycles. The van der Waals surface area contributed by atoms with E-state index in [1.54, 1.807) is 6.07 Å². The van der Waals surface area contributed by atoms with E-state index in [-0.39, 0.29) is 20.5 Å². The van der Waals surface area contributed by atoms with E-state index < -0.39 is 20.8 Å². The first-order chi connectivity index (χ1) is 19.2. The number of carbonyl (C=O) groups is 1. The van der Waals surface area contributed by atoms with Crippen LogP contribution < -0.4 is 20.9 Å². The maximum Gasteiger partial charge on any atom is 0.333 e. The maximum atomic E-state index is 13.2. The highest BCUT2D eigenvalue weighted by Crippen LogP contribution is 2.37. The average Bonchev–Trinajstić information content (AvgIpc) is 3.37. The van der Waals surface area contributed by atoms with Gasteiger partial charge in [-0.25, -0.2) is 22.9 Å². The van der Waals surface area contributed by atoms with Crippen molar-refractivity contribution < 1.29 is 17.9 Å². The van der Waals surface area contributed by atoms with E-state index >= 15 is 0 Å². The van der Waals surface area contributed by atoms with Crippen molar-refractivity contribution in [3.63, 3.8) is 0 Å². The number of aromatic nitrogens is 2. The van der Waals surface area contributed by atoms with Crippen LogP contribution in [0.5, 0.6) is 0 Å². The number of allylic oxidation sites excluding steroid dienone is 1. The van der Waals surface area contributed by atoms with Crippen molar-refractivity contribution in [3.8, 4) is 5.69 Å². The SMILES string of the molecule is O=C(Nc1ccc(-n2cnc3cc(NCCN4CCOCC4)ccc3c2=O)c(Cl)c1)NS(=O)(=O)C1=CCC(Cl)S1. The molecule has 11 nitrogen and oxygen atoms in total. The van der Waals surface area contributed by atoms with Crippen LogP contribution in [0.2, 0.25) is 5.02 Å². The van der Waals surface area contributed by atoms with E-state index in [4.69, 9.17) is 27.9 Å². The minimum absolute atomic E-state index is 0.00454. The Labute approximate surface area is 244 Å². The number of anilines is 2. The maximum absolute atomic E-state index is 13.2. The summed E-state index contributed by atoms with van der Waals surface area (Å²) in [6.07, 6.45) is 3.24. The number of amides is 2. The largest absolute Gasteiger partial charge is 0.384 e. The number of ether oxygens (including phenoxy) is 1. The van der Waals surface area contributed by atoms with Crippen LogP contribution in [-0.2, 0) is 14.8 Å². The molecule has 5 rings (SSSR count). The molecule has 15 heteroatoms. The molecule has 0 bridgehead atoms. The van der Waals surface area contributed by atoms with Gasteiger partial charge in [0.1, 0.15) is 10.6 Å². The second-order valence-corrected chi connectivity index (χ2v) is 13.4. The summed E-state index contributed by atoms with van der Waals surface area (Å²) >= 11 is 13.3. The molecule has 1 aromatic heterocycles. The zero-order valence-electron chi connectivity index (χ0n) is 21.1. The monoisotopic (exact) mass is 624 g/mol. The van der Waals surface area contributed by atoms with E-state index in [0.29, 0.717) is 23.0 Å². The molecule has 212 valence electrons. The van der Waals surface area contributed by atoms with Crippen LogP contribution >= 0.6 is 35.0 Å². The van der Waals surface area contributed by atoms with Crippen LogP contribution in [0.1, 0.15) is 6.42 Å². The number of halogens is 2. The number of sulfonamides is 1. The molecule has 0 spiro atoms. The van der Waals surface area contributed by atoms with Crippen molar-refractivity contribution in [3.05, 3.63) is 68.4 Å². The first-order valence-corrected chi connectivity index (χ1v) is 15.6. The number of thioether (sulfide) groups is 1. The Morgan fingerprint density at radius 3 is 2.65 bits per heavy atom. The third-order valence-corrected chi connectivity index (χ3v) is 9.98. The van der Waals surface area contributed by atoms with Gasteiger partial charge in [0, 0.05) is 37.6 Å². The van der Waals surface area contributed by atoms with E-state index in [1.165, 1.54) is 35.2 Å². The number of carbonyl (C=O) groups excluding carboxylic acids is 1. The first kappa shape index (κ1) is 28.7. The van der Waals surface area contributed by atoms with Crippen molar-refractivity contribution in [2.45, 2.75) is 11.1 Å². The van der Waals surface area contributed by atoms with Gasteiger partial charge in [-0.05, 0) is 42.8 Å². The molecule has 3 N–H and O–H groups in total. The lowest BCUT2D eigenvalue weighted by molar-refractivity contribution is 0.0398. The van der Waals surface area contributed by atoms with Gasteiger partial charge >= 0.3 is 6.03 Å². The van der Waals surface area contributed by atoms with Gasteiger partial charge in [0.25, 0.3) is 15.6 Å². The zero-order chi connectivity index (χ0) is 28.3. The molecule has 2 amide bonds. The first-order valence-electron chi connectivity index (χ1n) is 12.4. The van der Waals surface area contributed by atoms with Crippen LogP contribution in [0, 0.1) is 0 Å². The summed E-state index contributed by atoms with van der Waals surface area (Å²) in [5.41, 5.74) is 1.69. The number of urea groups is 1. The van der Waals surface area contributed by atoms with Gasteiger partial charge in [-0.3, -0.25) is 14.3 Å². The highest BCUT2D eigenvalue weighted by Gasteiger charge is 2.28. The molecule has 0 aliphatic carbocycles. The van der Waals surface area contributed by atoms with Crippen molar-refractivity contribution >= 4 is 73.3 Å². The van der Waals surface area contributed by atoms with Gasteiger partial charge in [0.2, 0.25) is 0 Å². The minimum atomic E-state index is -4.03. The Bertz CT molecular complexity index is 1630. The predicted octanol–water partition coefficient (Wildman–Crippen LogP) is 3.78. The van der Waals surface area contributed by atoms with Gasteiger partial charge in [0.05, 0.1) is 39.5 Å². The highest BCUT2D eigenvalue weighted by atomic mass is 35.5. The van der Waals surface area contributed by atoms with E-state index in [2.05, 4.69) is 20.5 Å². The summed E-state index contributed by atoms with van der Waals surface area (Å²) in [6.45, 7) is 4.99. The Balaban J connectivity index is 1.25. The Hall–Kier alpha value is -2.81. The van der Waals surface area contributed by atoms with E-state index in [0.717, 1.165) is 56.8 Å². The van der Waals surface area contributed by atoms with Crippen molar-refractivity contribution in [1.82, 2.24) is 19.2 Å². The van der Waals surface area contributed by atoms with Crippen LogP contribution in [0.3, 0.4) is 0 Å². The number of rotatable bonds is 8. The molecule has 1 atom stereocenters. The van der Waals surface area contributed by atoms with Gasteiger partial charge < -0.3 is 15.4 Å². The van der Waals surface area contributed by atoms with Gasteiger partial charge in [0.15, 0.2) is 0 Å². The number of alkyl halides is 1. The van der Waals surface area contributed by atoms with Gasteiger partial charge in [-0.2, -0.15) is 0 Å². The topological polar surface area (TPSA) is 135 Å². The van der Waals surface area contributed by atoms with Crippen LogP contribution in [0.15, 0.2) is 57.8 Å². The molecule has 3 heterocycles. The molecular formula is C25H26Cl2N6O5S2. The number of fused-ring (bicyclic) bond motifs is 1. The summed E-state index contributed by atoms with van der Waals surface area (Å²) in [5, 5.41) is 6.39. The average molecular weight is 626 g/mol. The zero-order valence-corrected chi connectivity index (χ0v) is 24.2. The smallest absolute Gasteiger partial charge is 0.333 e. The summed E-state index contributed by atoms with van der Waals surface area (Å²) in [7, 11) is -4.03. The molecule has 2 aromatic carbocycles. The fourth-order valence-corrected chi connectivity index (χ4v) is 7.41. The molecule has 1 fully saturated rings. The number of hydrogen-bond donors (Lipinski definition) is 3. The second kappa shape index (κ2) is 12.4. The highest BCUT2D eigenvalue weighted by molar-refractivity contribution is 8.19. The molecular weight excluding hydrogens is 599 g/mol. The third-order valence-electron chi connectivity index (χ3n) is 6.29. The number of hydrogen-bond acceptors (Lipinski definition) is 9. The molecule has 0 radical (unpaired) electrons. The fraction of sp³-hybridized carbons (Fsp3) is 0.320. The quantitative estimate of drug-likeness (QED) is 0.320. The minimum Gasteiger partial charge on any atom is -0.384 e. The van der Waals surface area contributed by atoms with Gasteiger partial charge in [-0.15, -0.1) is 11.6 Å². The third kappa shape index (κ3) is 6.73. The lowest BCUT2D eigenvalue weighted by Gasteiger charge is -2.26. The number of nitrogens with one attached hydrogen (secondary N) is 3. The van der Waals surface area contributed by atoms with Crippen molar-refractivity contribution in [2.75, 3.05) is 50.0 Å². The molecule has 2 aliphatic heterocycles. The second-order valence-electron chi connectivity index (χ2n) is 9.05. The number of morpholine rings is 1. The summed E-state index contributed by atoms with van der Waals surface area (Å²) in [4.78, 5) is 32.3. The normalized spacial score (nSPS) is 17.9. The number of nitrogens with zero attached hydrogens (tertiary/aromatic N) is 3. The van der Waals surface area contributed by atoms with Crippen LogP contribution in [-0.4, -0.2) is 73.0 Å². The summed E-state index contributed by atoms with van der Waals surface area (Å²) in [5.74, 6) is 0.